The van der Waals surface area contributed by atoms with Crippen LogP contribution in [0.4, 0.5) is 13.2 Å². The van der Waals surface area contributed by atoms with Crippen LogP contribution in [0, 0.1) is 6.92 Å². The summed E-state index contributed by atoms with van der Waals surface area (Å²) in [7, 11) is 0. The Hall–Kier alpha value is -1.83. The fourth-order valence-corrected chi connectivity index (χ4v) is 1.37. The van der Waals surface area contributed by atoms with Crippen LogP contribution in [0.25, 0.3) is 0 Å². The quantitative estimate of drug-likeness (QED) is 0.852. The van der Waals surface area contributed by atoms with Gasteiger partial charge in [0.25, 0.3) is 0 Å². The van der Waals surface area contributed by atoms with Crippen LogP contribution in [-0.4, -0.2) is 23.9 Å². The van der Waals surface area contributed by atoms with Gasteiger partial charge >= 0.3 is 12.3 Å². The number of hydrogen-bond acceptors (Lipinski definition) is 5. The zero-order valence-corrected chi connectivity index (χ0v) is 10.4. The lowest BCUT2D eigenvalue weighted by Crippen LogP contribution is -2.21. The molecule has 0 aromatic carbocycles. The highest BCUT2D eigenvalue weighted by molar-refractivity contribution is 5.91. The van der Waals surface area contributed by atoms with Crippen LogP contribution >= 0.6 is 0 Å². The van der Waals surface area contributed by atoms with E-state index in [9.17, 15) is 18.0 Å². The molecule has 0 atom stereocenters. The molecule has 0 spiro atoms. The van der Waals surface area contributed by atoms with E-state index >= 15 is 0 Å². The van der Waals surface area contributed by atoms with Crippen molar-refractivity contribution in [2.24, 2.45) is 5.73 Å². The lowest BCUT2D eigenvalue weighted by Gasteiger charge is -2.14. The van der Waals surface area contributed by atoms with Crippen LogP contribution in [0.3, 0.4) is 0 Å². The number of nitrogens with zero attached hydrogens (tertiary/aromatic N) is 1. The second-order valence-electron chi connectivity index (χ2n) is 3.56. The number of ether oxygens (including phenoxy) is 2. The Morgan fingerprint density at radius 2 is 2.11 bits per heavy atom. The van der Waals surface area contributed by atoms with Gasteiger partial charge in [-0.15, -0.1) is 13.2 Å². The van der Waals surface area contributed by atoms with Gasteiger partial charge in [-0.1, -0.05) is 0 Å². The van der Waals surface area contributed by atoms with E-state index in [0.717, 1.165) is 0 Å². The maximum atomic E-state index is 12.2. The fraction of sp³-hybridized carbons (Fsp3) is 0.455. The second-order valence-corrected chi connectivity index (χ2v) is 3.56. The number of halogens is 3. The highest BCUT2D eigenvalue weighted by Gasteiger charge is 2.33. The minimum Gasteiger partial charge on any atom is -0.462 e. The molecule has 1 aromatic rings. The standard InChI is InChI=1S/C11H13F3N2O3/c1-3-18-10(17)8-4-7(5-15)16-9(6(8)2)19-11(12,13)14/h4H,3,5,15H2,1-2H3. The minimum absolute atomic E-state index is 0.0449. The molecule has 5 nitrogen and oxygen atoms in total. The maximum absolute atomic E-state index is 12.2. The summed E-state index contributed by atoms with van der Waals surface area (Å²) in [5, 5.41) is 0. The first-order valence-electron chi connectivity index (χ1n) is 5.42. The van der Waals surface area contributed by atoms with Crippen molar-refractivity contribution in [3.8, 4) is 5.88 Å². The SMILES string of the molecule is CCOC(=O)c1cc(CN)nc(OC(F)(F)F)c1C. The predicted molar refractivity (Wildman–Crippen MR) is 59.5 cm³/mol. The summed E-state index contributed by atoms with van der Waals surface area (Å²) in [5.41, 5.74) is 5.34. The number of nitrogens with two attached hydrogens (primary N) is 1. The van der Waals surface area contributed by atoms with Gasteiger partial charge < -0.3 is 15.2 Å². The Labute approximate surface area is 107 Å². The largest absolute Gasteiger partial charge is 0.574 e. The van der Waals surface area contributed by atoms with E-state index < -0.39 is 18.2 Å². The van der Waals surface area contributed by atoms with E-state index in [-0.39, 0.29) is 30.0 Å². The molecule has 19 heavy (non-hydrogen) atoms. The van der Waals surface area contributed by atoms with Crippen molar-refractivity contribution in [2.45, 2.75) is 26.8 Å². The van der Waals surface area contributed by atoms with E-state index in [0.29, 0.717) is 0 Å². The molecule has 0 bridgehead atoms. The number of rotatable bonds is 4. The molecule has 1 heterocycles. The zero-order chi connectivity index (χ0) is 14.6. The molecule has 1 rings (SSSR count). The molecule has 0 aliphatic heterocycles. The molecule has 0 fully saturated rings. The third-order valence-corrected chi connectivity index (χ3v) is 2.20. The summed E-state index contributed by atoms with van der Waals surface area (Å²) in [5.74, 6) is -1.44. The summed E-state index contributed by atoms with van der Waals surface area (Å²) in [6.45, 7) is 2.86. The Morgan fingerprint density at radius 1 is 1.47 bits per heavy atom. The number of hydrogen-bond donors (Lipinski definition) is 1. The lowest BCUT2D eigenvalue weighted by atomic mass is 10.1. The Kier molecular flexibility index (Phi) is 4.71. The first kappa shape index (κ1) is 15.2. The topological polar surface area (TPSA) is 74.4 Å². The van der Waals surface area contributed by atoms with Gasteiger partial charge in [0, 0.05) is 12.1 Å². The second kappa shape index (κ2) is 5.87. The summed E-state index contributed by atoms with van der Waals surface area (Å²) in [6, 6.07) is 1.29. The average molecular weight is 278 g/mol. The summed E-state index contributed by atoms with van der Waals surface area (Å²) < 4.78 is 45.2. The van der Waals surface area contributed by atoms with Gasteiger partial charge in [0.2, 0.25) is 5.88 Å². The number of carbonyl (C=O) groups excluding carboxylic acids is 1. The number of pyridine rings is 1. The predicted octanol–water partition coefficient (Wildman–Crippen LogP) is 1.92. The first-order valence-corrected chi connectivity index (χ1v) is 5.42. The number of alkyl halides is 3. The van der Waals surface area contributed by atoms with E-state index in [1.165, 1.54) is 13.0 Å². The van der Waals surface area contributed by atoms with E-state index in [1.807, 2.05) is 0 Å². The third-order valence-electron chi connectivity index (χ3n) is 2.20. The minimum atomic E-state index is -4.89. The molecule has 0 aliphatic carbocycles. The number of esters is 1. The highest BCUT2D eigenvalue weighted by atomic mass is 19.4. The maximum Gasteiger partial charge on any atom is 0.574 e. The molecular weight excluding hydrogens is 265 g/mol. The van der Waals surface area contributed by atoms with Crippen LogP contribution in [-0.2, 0) is 11.3 Å². The van der Waals surface area contributed by atoms with Gasteiger partial charge in [0.05, 0.1) is 17.9 Å². The van der Waals surface area contributed by atoms with Crippen molar-refractivity contribution in [1.29, 1.82) is 0 Å². The van der Waals surface area contributed by atoms with Gasteiger partial charge in [0.1, 0.15) is 0 Å². The molecular formula is C11H13F3N2O3. The third kappa shape index (κ3) is 4.09. The summed E-state index contributed by atoms with van der Waals surface area (Å²) >= 11 is 0. The van der Waals surface area contributed by atoms with Crippen LogP contribution in [0.2, 0.25) is 0 Å². The van der Waals surface area contributed by atoms with Gasteiger partial charge in [-0.05, 0) is 19.9 Å². The zero-order valence-electron chi connectivity index (χ0n) is 10.4. The Morgan fingerprint density at radius 3 is 2.58 bits per heavy atom. The fourth-order valence-electron chi connectivity index (χ4n) is 1.37. The summed E-state index contributed by atoms with van der Waals surface area (Å²) in [4.78, 5) is 15.2. The van der Waals surface area contributed by atoms with Crippen molar-refractivity contribution in [2.75, 3.05) is 6.61 Å². The lowest BCUT2D eigenvalue weighted by molar-refractivity contribution is -0.276. The molecule has 1 aromatic heterocycles. The van der Waals surface area contributed by atoms with Crippen LogP contribution in [0.5, 0.6) is 5.88 Å². The van der Waals surface area contributed by atoms with Gasteiger partial charge in [-0.25, -0.2) is 9.78 Å². The number of carbonyl (C=O) groups is 1. The van der Waals surface area contributed by atoms with Gasteiger partial charge in [-0.2, -0.15) is 0 Å². The molecule has 2 N–H and O–H groups in total. The van der Waals surface area contributed by atoms with Crippen molar-refractivity contribution >= 4 is 5.97 Å². The normalized spacial score (nSPS) is 11.3. The first-order chi connectivity index (χ1) is 8.78. The molecule has 0 saturated heterocycles. The van der Waals surface area contributed by atoms with E-state index in [1.54, 1.807) is 6.92 Å². The molecule has 0 aliphatic rings. The van der Waals surface area contributed by atoms with Gasteiger partial charge in [0.15, 0.2) is 0 Å². The van der Waals surface area contributed by atoms with E-state index in [4.69, 9.17) is 10.5 Å². The van der Waals surface area contributed by atoms with Crippen molar-refractivity contribution < 1.29 is 27.4 Å². The molecule has 0 unspecified atom stereocenters. The molecule has 0 radical (unpaired) electrons. The summed E-state index contributed by atoms with van der Waals surface area (Å²) in [6.07, 6.45) is -4.89. The Bertz CT molecular complexity index is 475. The monoisotopic (exact) mass is 278 g/mol. The van der Waals surface area contributed by atoms with Crippen molar-refractivity contribution in [3.63, 3.8) is 0 Å². The van der Waals surface area contributed by atoms with Crippen LogP contribution < -0.4 is 10.5 Å². The highest BCUT2D eigenvalue weighted by Crippen LogP contribution is 2.27. The van der Waals surface area contributed by atoms with E-state index in [2.05, 4.69) is 9.72 Å². The van der Waals surface area contributed by atoms with Gasteiger partial charge in [-0.3, -0.25) is 0 Å². The smallest absolute Gasteiger partial charge is 0.462 e. The van der Waals surface area contributed by atoms with Crippen LogP contribution in [0.1, 0.15) is 28.5 Å². The molecule has 0 amide bonds. The van der Waals surface area contributed by atoms with Crippen LogP contribution in [0.15, 0.2) is 6.07 Å². The van der Waals surface area contributed by atoms with Crippen molar-refractivity contribution in [1.82, 2.24) is 4.98 Å². The molecule has 106 valence electrons. The average Bonchev–Trinajstić information content (AvgIpc) is 2.30. The molecule has 8 heteroatoms. The number of aromatic nitrogens is 1. The Balaban J connectivity index is 3.24. The molecule has 0 saturated carbocycles. The van der Waals surface area contributed by atoms with Crippen molar-refractivity contribution in [3.05, 3.63) is 22.9 Å².